The highest BCUT2D eigenvalue weighted by atomic mass is 35.5. The van der Waals surface area contributed by atoms with Crippen molar-refractivity contribution < 1.29 is 14.7 Å². The third kappa shape index (κ3) is 3.15. The third-order valence-electron chi connectivity index (χ3n) is 2.84. The first-order chi connectivity index (χ1) is 9.91. The Kier molecular flexibility index (Phi) is 4.45. The van der Waals surface area contributed by atoms with E-state index in [-0.39, 0.29) is 27.0 Å². The van der Waals surface area contributed by atoms with Crippen LogP contribution in [0.5, 0.6) is 0 Å². The zero-order valence-electron chi connectivity index (χ0n) is 10.9. The van der Waals surface area contributed by atoms with Crippen molar-refractivity contribution in [1.82, 2.24) is 4.98 Å². The van der Waals surface area contributed by atoms with Gasteiger partial charge in [-0.2, -0.15) is 0 Å². The fraction of sp³-hybridized carbons (Fsp3) is 0.0714. The van der Waals surface area contributed by atoms with E-state index in [0.717, 1.165) is 0 Å². The van der Waals surface area contributed by atoms with E-state index in [9.17, 15) is 9.59 Å². The minimum absolute atomic E-state index is 0.0290. The highest BCUT2D eigenvalue weighted by Gasteiger charge is 2.20. The molecule has 21 heavy (non-hydrogen) atoms. The molecule has 0 atom stereocenters. The van der Waals surface area contributed by atoms with E-state index in [1.54, 1.807) is 18.2 Å². The molecule has 1 aromatic carbocycles. The van der Waals surface area contributed by atoms with Crippen LogP contribution in [-0.4, -0.2) is 29.0 Å². The highest BCUT2D eigenvalue weighted by Crippen LogP contribution is 2.24. The average molecular weight is 325 g/mol. The summed E-state index contributed by atoms with van der Waals surface area (Å²) >= 11 is 11.5. The number of nitrogens with zero attached hydrogens (tertiary/aromatic N) is 2. The number of benzene rings is 1. The first-order valence-electron chi connectivity index (χ1n) is 5.83. The summed E-state index contributed by atoms with van der Waals surface area (Å²) in [6.07, 6.45) is 1.29. The van der Waals surface area contributed by atoms with Crippen LogP contribution >= 0.6 is 23.2 Å². The number of anilines is 1. The van der Waals surface area contributed by atoms with Crippen LogP contribution in [0.25, 0.3) is 0 Å². The quantitative estimate of drug-likeness (QED) is 0.879. The molecule has 108 valence electrons. The molecule has 0 aliphatic rings. The number of amides is 1. The van der Waals surface area contributed by atoms with Crippen molar-refractivity contribution in [2.45, 2.75) is 0 Å². The lowest BCUT2D eigenvalue weighted by atomic mass is 10.1. The van der Waals surface area contributed by atoms with Gasteiger partial charge >= 0.3 is 5.97 Å². The largest absolute Gasteiger partial charge is 0.478 e. The summed E-state index contributed by atoms with van der Waals surface area (Å²) in [5.41, 5.74) is 0.523. The van der Waals surface area contributed by atoms with E-state index in [1.807, 2.05) is 0 Å². The molecule has 0 unspecified atom stereocenters. The monoisotopic (exact) mass is 324 g/mol. The zero-order chi connectivity index (χ0) is 15.6. The number of carboxylic acids is 1. The Morgan fingerprint density at radius 2 is 1.90 bits per heavy atom. The molecule has 0 radical (unpaired) electrons. The van der Waals surface area contributed by atoms with Crippen LogP contribution in [0, 0.1) is 0 Å². The summed E-state index contributed by atoms with van der Waals surface area (Å²) in [6, 6.07) is 7.60. The van der Waals surface area contributed by atoms with Gasteiger partial charge in [0.25, 0.3) is 5.91 Å². The van der Waals surface area contributed by atoms with Crippen molar-refractivity contribution in [2.75, 3.05) is 11.9 Å². The topological polar surface area (TPSA) is 70.5 Å². The standard InChI is InChI=1S/C14H10Cl2N2O3/c1-18(11-5-3-2-4-9(11)14(20)21)13(19)8-6-10(15)12(16)17-7-8/h2-7H,1H3,(H,20,21). The molecule has 1 amide bonds. The number of halogens is 2. The molecule has 0 aliphatic heterocycles. The number of para-hydroxylation sites is 1. The first kappa shape index (κ1) is 15.3. The molecule has 2 aromatic rings. The van der Waals surface area contributed by atoms with Gasteiger partial charge in [0.15, 0.2) is 0 Å². The molecule has 1 heterocycles. The van der Waals surface area contributed by atoms with Gasteiger partial charge in [0.05, 0.1) is 21.8 Å². The van der Waals surface area contributed by atoms with Gasteiger partial charge in [-0.05, 0) is 18.2 Å². The van der Waals surface area contributed by atoms with Gasteiger partial charge in [0.1, 0.15) is 5.15 Å². The van der Waals surface area contributed by atoms with Gasteiger partial charge in [-0.15, -0.1) is 0 Å². The lowest BCUT2D eigenvalue weighted by Gasteiger charge is -2.19. The van der Waals surface area contributed by atoms with Gasteiger partial charge in [0.2, 0.25) is 0 Å². The van der Waals surface area contributed by atoms with Crippen molar-refractivity contribution in [3.8, 4) is 0 Å². The molecule has 0 fully saturated rings. The van der Waals surface area contributed by atoms with Gasteiger partial charge in [-0.1, -0.05) is 35.3 Å². The Morgan fingerprint density at radius 1 is 1.24 bits per heavy atom. The minimum Gasteiger partial charge on any atom is -0.478 e. The summed E-state index contributed by atoms with van der Waals surface area (Å²) in [5.74, 6) is -1.55. The van der Waals surface area contributed by atoms with E-state index < -0.39 is 11.9 Å². The summed E-state index contributed by atoms with van der Waals surface area (Å²) in [4.78, 5) is 28.6. The van der Waals surface area contributed by atoms with Crippen LogP contribution in [0.15, 0.2) is 36.5 Å². The first-order valence-corrected chi connectivity index (χ1v) is 6.59. The molecule has 0 aliphatic carbocycles. The zero-order valence-corrected chi connectivity index (χ0v) is 12.4. The summed E-state index contributed by atoms with van der Waals surface area (Å²) < 4.78 is 0. The Hall–Kier alpha value is -2.11. The molecule has 2 rings (SSSR count). The molecule has 1 aromatic heterocycles. The second kappa shape index (κ2) is 6.11. The Balaban J connectivity index is 2.40. The van der Waals surface area contributed by atoms with E-state index in [1.165, 1.54) is 30.3 Å². The maximum atomic E-state index is 12.4. The number of carbonyl (C=O) groups is 2. The molecular formula is C14H10Cl2N2O3. The van der Waals surface area contributed by atoms with E-state index in [4.69, 9.17) is 28.3 Å². The van der Waals surface area contributed by atoms with Gasteiger partial charge < -0.3 is 10.0 Å². The number of pyridine rings is 1. The van der Waals surface area contributed by atoms with Crippen molar-refractivity contribution in [1.29, 1.82) is 0 Å². The lowest BCUT2D eigenvalue weighted by Crippen LogP contribution is -2.28. The van der Waals surface area contributed by atoms with Crippen LogP contribution in [0.4, 0.5) is 5.69 Å². The lowest BCUT2D eigenvalue weighted by molar-refractivity contribution is 0.0697. The van der Waals surface area contributed by atoms with Gasteiger partial charge in [-0.3, -0.25) is 4.79 Å². The van der Waals surface area contributed by atoms with Crippen molar-refractivity contribution in [3.63, 3.8) is 0 Å². The Bertz CT molecular complexity index is 719. The van der Waals surface area contributed by atoms with Crippen molar-refractivity contribution in [3.05, 3.63) is 57.8 Å². The molecule has 0 spiro atoms. The van der Waals surface area contributed by atoms with Crippen LogP contribution in [0.1, 0.15) is 20.7 Å². The molecule has 1 N–H and O–H groups in total. The van der Waals surface area contributed by atoms with E-state index in [2.05, 4.69) is 4.98 Å². The number of rotatable bonds is 3. The highest BCUT2D eigenvalue weighted by molar-refractivity contribution is 6.41. The van der Waals surface area contributed by atoms with E-state index in [0.29, 0.717) is 0 Å². The number of carbonyl (C=O) groups excluding carboxylic acids is 1. The van der Waals surface area contributed by atoms with Crippen LogP contribution < -0.4 is 4.90 Å². The number of aromatic nitrogens is 1. The maximum Gasteiger partial charge on any atom is 0.337 e. The maximum absolute atomic E-state index is 12.4. The Morgan fingerprint density at radius 3 is 2.52 bits per heavy atom. The van der Waals surface area contributed by atoms with Crippen LogP contribution in [-0.2, 0) is 0 Å². The number of hydrogen-bond donors (Lipinski definition) is 1. The average Bonchev–Trinajstić information content (AvgIpc) is 2.48. The van der Waals surface area contributed by atoms with Crippen molar-refractivity contribution >= 4 is 40.8 Å². The van der Waals surface area contributed by atoms with Crippen molar-refractivity contribution in [2.24, 2.45) is 0 Å². The predicted molar refractivity (Wildman–Crippen MR) is 80.4 cm³/mol. The molecule has 0 saturated heterocycles. The fourth-order valence-corrected chi connectivity index (χ4v) is 2.06. The molecular weight excluding hydrogens is 315 g/mol. The third-order valence-corrected chi connectivity index (χ3v) is 3.53. The SMILES string of the molecule is CN(C(=O)c1cnc(Cl)c(Cl)c1)c1ccccc1C(=O)O. The summed E-state index contributed by atoms with van der Waals surface area (Å²) in [7, 11) is 1.48. The normalized spacial score (nSPS) is 10.2. The Labute approximate surface area is 130 Å². The number of carboxylic acid groups (broad SMARTS) is 1. The van der Waals surface area contributed by atoms with Crippen LogP contribution in [0.3, 0.4) is 0 Å². The molecule has 7 heteroatoms. The van der Waals surface area contributed by atoms with Gasteiger partial charge in [-0.25, -0.2) is 9.78 Å². The summed E-state index contributed by atoms with van der Waals surface area (Å²) in [6.45, 7) is 0. The minimum atomic E-state index is -1.11. The molecule has 0 bridgehead atoms. The molecule has 0 saturated carbocycles. The smallest absolute Gasteiger partial charge is 0.337 e. The molecule has 5 nitrogen and oxygen atoms in total. The number of aromatic carboxylic acids is 1. The van der Waals surface area contributed by atoms with Crippen LogP contribution in [0.2, 0.25) is 10.2 Å². The van der Waals surface area contributed by atoms with E-state index >= 15 is 0 Å². The summed E-state index contributed by atoms with van der Waals surface area (Å²) in [5, 5.41) is 9.41. The van der Waals surface area contributed by atoms with Gasteiger partial charge in [0, 0.05) is 13.2 Å². The second-order valence-electron chi connectivity index (χ2n) is 4.18. The fourth-order valence-electron chi connectivity index (χ4n) is 1.79. The second-order valence-corrected chi connectivity index (χ2v) is 4.95. The predicted octanol–water partition coefficient (Wildman–Crippen LogP) is 3.36. The number of hydrogen-bond acceptors (Lipinski definition) is 3.